The van der Waals surface area contributed by atoms with E-state index in [1.807, 2.05) is 22.1 Å². The predicted molar refractivity (Wildman–Crippen MR) is 98.2 cm³/mol. The fraction of sp³-hybridized carbons (Fsp3) is 0.333. The van der Waals surface area contributed by atoms with Crippen LogP contribution in [0.15, 0.2) is 28.0 Å². The molecule has 0 atom stereocenters. The molecule has 24 heavy (non-hydrogen) atoms. The highest BCUT2D eigenvalue weighted by atomic mass is 32.2. The molecule has 3 rings (SSSR count). The molecule has 0 aromatic carbocycles. The normalized spacial score (nSPS) is 11.0. The Hall–Kier alpha value is -1.71. The standard InChI is InChI=1S/C15H17N5OS3/c1-2-13-17-10(8-23-13)9-24-15-19-18-14(11-4-3-7-22-11)20(15)6-5-12(16)21/h3-4,7-8H,2,5-6,9H2,1H3,(H2,16,21). The smallest absolute Gasteiger partial charge is 0.219 e. The maximum Gasteiger partial charge on any atom is 0.219 e. The molecule has 2 N–H and O–H groups in total. The molecular weight excluding hydrogens is 362 g/mol. The molecule has 0 aliphatic rings. The number of primary amides is 1. The summed E-state index contributed by atoms with van der Waals surface area (Å²) in [6.07, 6.45) is 1.22. The van der Waals surface area contributed by atoms with Crippen LogP contribution in [0.4, 0.5) is 0 Å². The van der Waals surface area contributed by atoms with E-state index in [9.17, 15) is 4.79 Å². The molecule has 0 saturated carbocycles. The van der Waals surface area contributed by atoms with Gasteiger partial charge in [-0.25, -0.2) is 4.98 Å². The topological polar surface area (TPSA) is 86.7 Å². The summed E-state index contributed by atoms with van der Waals surface area (Å²) in [6, 6.07) is 3.97. The van der Waals surface area contributed by atoms with Crippen LogP contribution in [0.5, 0.6) is 0 Å². The summed E-state index contributed by atoms with van der Waals surface area (Å²) in [5.74, 6) is 1.18. The van der Waals surface area contributed by atoms with Crippen LogP contribution in [0, 0.1) is 0 Å². The van der Waals surface area contributed by atoms with Gasteiger partial charge in [-0.3, -0.25) is 4.79 Å². The second-order valence-electron chi connectivity index (χ2n) is 5.03. The van der Waals surface area contributed by atoms with E-state index >= 15 is 0 Å². The van der Waals surface area contributed by atoms with Crippen LogP contribution in [-0.2, 0) is 23.5 Å². The van der Waals surface area contributed by atoms with Crippen molar-refractivity contribution >= 4 is 40.3 Å². The number of rotatable bonds is 8. The zero-order valence-corrected chi connectivity index (χ0v) is 15.6. The van der Waals surface area contributed by atoms with Gasteiger partial charge in [-0.05, 0) is 17.9 Å². The first-order valence-corrected chi connectivity index (χ1v) is 10.2. The van der Waals surface area contributed by atoms with Crippen LogP contribution < -0.4 is 5.73 Å². The number of carbonyl (C=O) groups is 1. The molecule has 0 aliphatic carbocycles. The van der Waals surface area contributed by atoms with Gasteiger partial charge in [0.15, 0.2) is 11.0 Å². The molecular formula is C15H17N5OS3. The summed E-state index contributed by atoms with van der Waals surface area (Å²) in [4.78, 5) is 16.8. The lowest BCUT2D eigenvalue weighted by Gasteiger charge is -2.07. The average Bonchev–Trinajstić information content (AvgIpc) is 3.30. The number of nitrogens with zero attached hydrogens (tertiary/aromatic N) is 4. The van der Waals surface area contributed by atoms with E-state index in [1.54, 1.807) is 34.4 Å². The van der Waals surface area contributed by atoms with E-state index < -0.39 is 0 Å². The Morgan fingerprint density at radius 3 is 2.92 bits per heavy atom. The number of amides is 1. The van der Waals surface area contributed by atoms with Crippen molar-refractivity contribution in [2.45, 2.75) is 37.2 Å². The first-order chi connectivity index (χ1) is 11.7. The van der Waals surface area contributed by atoms with Crippen LogP contribution in [-0.4, -0.2) is 25.7 Å². The van der Waals surface area contributed by atoms with E-state index in [-0.39, 0.29) is 12.3 Å². The summed E-state index contributed by atoms with van der Waals surface area (Å²) in [6.45, 7) is 2.58. The summed E-state index contributed by atoms with van der Waals surface area (Å²) in [5, 5.41) is 14.6. The SMILES string of the molecule is CCc1nc(CSc2nnc(-c3cccs3)n2CCC(N)=O)cs1. The molecule has 3 aromatic rings. The highest BCUT2D eigenvalue weighted by molar-refractivity contribution is 7.98. The Kier molecular flexibility index (Phi) is 5.64. The average molecular weight is 380 g/mol. The Labute approximate surface area is 152 Å². The molecule has 0 bridgehead atoms. The lowest BCUT2D eigenvalue weighted by atomic mass is 10.4. The quantitative estimate of drug-likeness (QED) is 0.607. The van der Waals surface area contributed by atoms with Crippen molar-refractivity contribution < 1.29 is 4.79 Å². The van der Waals surface area contributed by atoms with E-state index in [1.165, 1.54) is 0 Å². The van der Waals surface area contributed by atoms with Crippen molar-refractivity contribution in [3.05, 3.63) is 33.6 Å². The molecule has 0 unspecified atom stereocenters. The Morgan fingerprint density at radius 2 is 2.25 bits per heavy atom. The third-order valence-electron chi connectivity index (χ3n) is 3.29. The first kappa shape index (κ1) is 17.1. The molecule has 3 aromatic heterocycles. The van der Waals surface area contributed by atoms with Gasteiger partial charge in [0.25, 0.3) is 0 Å². The van der Waals surface area contributed by atoms with Gasteiger partial charge < -0.3 is 10.3 Å². The number of thiazole rings is 1. The number of aromatic nitrogens is 4. The van der Waals surface area contributed by atoms with Crippen LogP contribution >= 0.6 is 34.4 Å². The molecule has 0 fully saturated rings. The minimum absolute atomic E-state index is 0.265. The molecule has 0 radical (unpaired) electrons. The van der Waals surface area contributed by atoms with Crippen molar-refractivity contribution in [3.8, 4) is 10.7 Å². The van der Waals surface area contributed by atoms with Gasteiger partial charge in [-0.1, -0.05) is 24.8 Å². The molecule has 0 saturated heterocycles. The molecule has 0 aliphatic heterocycles. The summed E-state index contributed by atoms with van der Waals surface area (Å²) in [7, 11) is 0. The van der Waals surface area contributed by atoms with E-state index in [0.717, 1.165) is 38.7 Å². The lowest BCUT2D eigenvalue weighted by molar-refractivity contribution is -0.118. The minimum Gasteiger partial charge on any atom is -0.370 e. The minimum atomic E-state index is -0.330. The van der Waals surface area contributed by atoms with Crippen molar-refractivity contribution in [2.75, 3.05) is 0 Å². The van der Waals surface area contributed by atoms with Gasteiger partial charge in [-0.15, -0.1) is 32.9 Å². The van der Waals surface area contributed by atoms with Gasteiger partial charge in [0.05, 0.1) is 15.6 Å². The maximum absolute atomic E-state index is 11.2. The van der Waals surface area contributed by atoms with Crippen LogP contribution in [0.2, 0.25) is 0 Å². The summed E-state index contributed by atoms with van der Waals surface area (Å²) < 4.78 is 1.97. The van der Waals surface area contributed by atoms with Crippen LogP contribution in [0.3, 0.4) is 0 Å². The molecule has 0 spiro atoms. The Balaban J connectivity index is 1.79. The van der Waals surface area contributed by atoms with E-state index in [2.05, 4.69) is 27.5 Å². The third kappa shape index (κ3) is 4.03. The lowest BCUT2D eigenvalue weighted by Crippen LogP contribution is -2.14. The fourth-order valence-electron chi connectivity index (χ4n) is 2.12. The van der Waals surface area contributed by atoms with Gasteiger partial charge >= 0.3 is 0 Å². The number of hydrogen-bond acceptors (Lipinski definition) is 7. The second kappa shape index (κ2) is 7.91. The number of thioether (sulfide) groups is 1. The highest BCUT2D eigenvalue weighted by Crippen LogP contribution is 2.29. The van der Waals surface area contributed by atoms with Gasteiger partial charge in [-0.2, -0.15) is 0 Å². The van der Waals surface area contributed by atoms with Crippen LogP contribution in [0.1, 0.15) is 24.0 Å². The molecule has 126 valence electrons. The van der Waals surface area contributed by atoms with E-state index in [0.29, 0.717) is 6.54 Å². The van der Waals surface area contributed by atoms with Crippen molar-refractivity contribution in [1.82, 2.24) is 19.7 Å². The predicted octanol–water partition coefficient (Wildman–Crippen LogP) is 3.19. The summed E-state index contributed by atoms with van der Waals surface area (Å²) >= 11 is 4.86. The number of nitrogens with two attached hydrogens (primary N) is 1. The summed E-state index contributed by atoms with van der Waals surface area (Å²) in [5.41, 5.74) is 6.35. The van der Waals surface area contributed by atoms with E-state index in [4.69, 9.17) is 5.73 Å². The maximum atomic E-state index is 11.2. The largest absolute Gasteiger partial charge is 0.370 e. The zero-order chi connectivity index (χ0) is 16.9. The highest BCUT2D eigenvalue weighted by Gasteiger charge is 2.16. The number of hydrogen-bond donors (Lipinski definition) is 1. The number of aryl methyl sites for hydroxylation is 1. The number of carbonyl (C=O) groups excluding carboxylic acids is 1. The fourth-order valence-corrected chi connectivity index (χ4v) is 4.55. The van der Waals surface area contributed by atoms with Crippen molar-refractivity contribution in [3.63, 3.8) is 0 Å². The van der Waals surface area contributed by atoms with Crippen LogP contribution in [0.25, 0.3) is 10.7 Å². The molecule has 3 heterocycles. The first-order valence-electron chi connectivity index (χ1n) is 7.48. The molecule has 6 nitrogen and oxygen atoms in total. The molecule has 9 heteroatoms. The van der Waals surface area contributed by atoms with Gasteiger partial charge in [0.1, 0.15) is 0 Å². The Bertz CT molecular complexity index is 809. The van der Waals surface area contributed by atoms with Crippen molar-refractivity contribution in [2.24, 2.45) is 5.73 Å². The second-order valence-corrected chi connectivity index (χ2v) is 7.86. The zero-order valence-electron chi connectivity index (χ0n) is 13.1. The Morgan fingerprint density at radius 1 is 1.38 bits per heavy atom. The van der Waals surface area contributed by atoms with Gasteiger partial charge in [0, 0.05) is 24.1 Å². The molecule has 1 amide bonds. The third-order valence-corrected chi connectivity index (χ3v) is 6.20. The monoisotopic (exact) mass is 379 g/mol. The van der Waals surface area contributed by atoms with Gasteiger partial charge in [0.2, 0.25) is 5.91 Å². The number of thiophene rings is 1. The van der Waals surface area contributed by atoms with Crippen molar-refractivity contribution in [1.29, 1.82) is 0 Å².